The summed E-state index contributed by atoms with van der Waals surface area (Å²) in [5.41, 5.74) is 0.821. The van der Waals surface area contributed by atoms with Gasteiger partial charge in [0.2, 0.25) is 5.91 Å². The highest BCUT2D eigenvalue weighted by atomic mass is 32.2. The molecule has 1 spiro atoms. The summed E-state index contributed by atoms with van der Waals surface area (Å²) in [7, 11) is 0. The minimum Gasteiger partial charge on any atom is -0.465 e. The zero-order valence-electron chi connectivity index (χ0n) is 13.3. The Kier molecular flexibility index (Phi) is 4.53. The van der Waals surface area contributed by atoms with Gasteiger partial charge < -0.3 is 14.9 Å². The van der Waals surface area contributed by atoms with Crippen molar-refractivity contribution in [2.45, 2.75) is 30.7 Å². The van der Waals surface area contributed by atoms with Gasteiger partial charge in [-0.25, -0.2) is 4.79 Å². The third-order valence-corrected chi connectivity index (χ3v) is 5.87. The summed E-state index contributed by atoms with van der Waals surface area (Å²) in [4.78, 5) is 28.4. The van der Waals surface area contributed by atoms with Crippen molar-refractivity contribution in [1.82, 2.24) is 9.80 Å². The Morgan fingerprint density at radius 1 is 1.17 bits per heavy atom. The predicted molar refractivity (Wildman–Crippen MR) is 89.5 cm³/mol. The molecule has 124 valence electrons. The second kappa shape index (κ2) is 6.43. The van der Waals surface area contributed by atoms with Crippen molar-refractivity contribution in [2.24, 2.45) is 5.41 Å². The number of carbonyl (C=O) groups excluding carboxylic acids is 1. The number of amides is 2. The molecule has 23 heavy (non-hydrogen) atoms. The van der Waals surface area contributed by atoms with E-state index in [9.17, 15) is 9.59 Å². The molecular weight excluding hydrogens is 312 g/mol. The van der Waals surface area contributed by atoms with Crippen molar-refractivity contribution in [1.29, 1.82) is 0 Å². The van der Waals surface area contributed by atoms with Crippen LogP contribution in [0.5, 0.6) is 0 Å². The quantitative estimate of drug-likeness (QED) is 0.864. The lowest BCUT2D eigenvalue weighted by molar-refractivity contribution is -0.138. The van der Waals surface area contributed by atoms with Gasteiger partial charge in [-0.3, -0.25) is 4.79 Å². The molecule has 1 N–H and O–H groups in total. The third-order valence-electron chi connectivity index (χ3n) is 5.12. The minimum absolute atomic E-state index is 0.205. The molecule has 0 aromatic heterocycles. The Hall–Kier alpha value is -1.69. The van der Waals surface area contributed by atoms with Gasteiger partial charge in [-0.05, 0) is 43.2 Å². The van der Waals surface area contributed by atoms with Crippen molar-refractivity contribution in [3.8, 4) is 0 Å². The zero-order chi connectivity index (χ0) is 16.4. The second-order valence-electron chi connectivity index (χ2n) is 6.37. The number of benzene rings is 1. The lowest BCUT2D eigenvalue weighted by Gasteiger charge is -2.36. The summed E-state index contributed by atoms with van der Waals surface area (Å²) in [6.45, 7) is 2.36. The molecule has 2 fully saturated rings. The maximum atomic E-state index is 12.8. The molecule has 0 bridgehead atoms. The maximum Gasteiger partial charge on any atom is 0.407 e. The molecule has 1 aromatic rings. The highest BCUT2D eigenvalue weighted by Crippen LogP contribution is 2.42. The third kappa shape index (κ3) is 3.17. The van der Waals surface area contributed by atoms with Crippen LogP contribution in [0, 0.1) is 5.41 Å². The molecule has 1 aromatic carbocycles. The van der Waals surface area contributed by atoms with Gasteiger partial charge in [-0.15, -0.1) is 11.8 Å². The fourth-order valence-electron chi connectivity index (χ4n) is 3.58. The van der Waals surface area contributed by atoms with Crippen LogP contribution >= 0.6 is 11.8 Å². The SMILES string of the molecule is CSc1ccc(CN2CCC3(CCN(C(=O)O)CC3)C2=O)cc1. The minimum atomic E-state index is -0.879. The van der Waals surface area contributed by atoms with E-state index in [1.54, 1.807) is 11.8 Å². The molecular formula is C17H22N2O3S. The van der Waals surface area contributed by atoms with Gasteiger partial charge >= 0.3 is 6.09 Å². The number of rotatable bonds is 3. The number of piperidine rings is 1. The van der Waals surface area contributed by atoms with Crippen LogP contribution < -0.4 is 0 Å². The Bertz CT molecular complexity index is 594. The fraction of sp³-hybridized carbons (Fsp3) is 0.529. The van der Waals surface area contributed by atoms with Gasteiger partial charge in [-0.1, -0.05) is 12.1 Å². The number of carbonyl (C=O) groups is 2. The molecule has 0 aliphatic carbocycles. The summed E-state index contributed by atoms with van der Waals surface area (Å²) in [5.74, 6) is 0.205. The molecule has 2 saturated heterocycles. The molecule has 0 saturated carbocycles. The van der Waals surface area contributed by atoms with Crippen molar-refractivity contribution in [3.05, 3.63) is 29.8 Å². The first-order valence-electron chi connectivity index (χ1n) is 7.94. The molecule has 2 aliphatic rings. The van der Waals surface area contributed by atoms with E-state index >= 15 is 0 Å². The van der Waals surface area contributed by atoms with Crippen LogP contribution in [0.1, 0.15) is 24.8 Å². The lowest BCUT2D eigenvalue weighted by atomic mass is 9.77. The van der Waals surface area contributed by atoms with E-state index in [4.69, 9.17) is 5.11 Å². The van der Waals surface area contributed by atoms with Crippen molar-refractivity contribution >= 4 is 23.8 Å². The largest absolute Gasteiger partial charge is 0.465 e. The maximum absolute atomic E-state index is 12.8. The summed E-state index contributed by atoms with van der Waals surface area (Å²) in [6, 6.07) is 8.33. The molecule has 0 radical (unpaired) electrons. The number of nitrogens with zero attached hydrogens (tertiary/aromatic N) is 2. The van der Waals surface area contributed by atoms with Crippen molar-refractivity contribution in [3.63, 3.8) is 0 Å². The van der Waals surface area contributed by atoms with Gasteiger partial charge in [0.25, 0.3) is 0 Å². The van der Waals surface area contributed by atoms with Gasteiger partial charge in [0, 0.05) is 31.1 Å². The van der Waals surface area contributed by atoms with Crippen LogP contribution in [-0.2, 0) is 11.3 Å². The monoisotopic (exact) mass is 334 g/mol. The van der Waals surface area contributed by atoms with E-state index in [1.807, 2.05) is 11.2 Å². The van der Waals surface area contributed by atoms with Crippen LogP contribution in [0.25, 0.3) is 0 Å². The summed E-state index contributed by atoms with van der Waals surface area (Å²) >= 11 is 1.71. The first-order chi connectivity index (χ1) is 11.0. The van der Waals surface area contributed by atoms with Crippen LogP contribution in [0.2, 0.25) is 0 Å². The Morgan fingerprint density at radius 3 is 2.35 bits per heavy atom. The summed E-state index contributed by atoms with van der Waals surface area (Å²) in [5, 5.41) is 9.05. The first kappa shape index (κ1) is 16.2. The van der Waals surface area contributed by atoms with Crippen LogP contribution in [0.15, 0.2) is 29.2 Å². The van der Waals surface area contributed by atoms with Crippen molar-refractivity contribution in [2.75, 3.05) is 25.9 Å². The fourth-order valence-corrected chi connectivity index (χ4v) is 3.99. The molecule has 2 aliphatic heterocycles. The van der Waals surface area contributed by atoms with E-state index in [0.717, 1.165) is 18.5 Å². The normalized spacial score (nSPS) is 20.3. The lowest BCUT2D eigenvalue weighted by Crippen LogP contribution is -2.46. The average molecular weight is 334 g/mol. The van der Waals surface area contributed by atoms with Crippen LogP contribution in [-0.4, -0.2) is 52.8 Å². The number of hydrogen-bond donors (Lipinski definition) is 1. The van der Waals surface area contributed by atoms with Gasteiger partial charge in [0.05, 0.1) is 5.41 Å². The van der Waals surface area contributed by atoms with E-state index in [2.05, 4.69) is 24.3 Å². The van der Waals surface area contributed by atoms with E-state index in [1.165, 1.54) is 9.80 Å². The molecule has 0 atom stereocenters. The van der Waals surface area contributed by atoms with E-state index in [-0.39, 0.29) is 11.3 Å². The number of thioether (sulfide) groups is 1. The van der Waals surface area contributed by atoms with Gasteiger partial charge in [-0.2, -0.15) is 0 Å². The molecule has 2 heterocycles. The molecule has 0 unspecified atom stereocenters. The first-order valence-corrected chi connectivity index (χ1v) is 9.17. The molecule has 3 rings (SSSR count). The highest BCUT2D eigenvalue weighted by Gasteiger charge is 2.48. The van der Waals surface area contributed by atoms with Gasteiger partial charge in [0.1, 0.15) is 0 Å². The topological polar surface area (TPSA) is 60.9 Å². The highest BCUT2D eigenvalue weighted by molar-refractivity contribution is 7.98. The second-order valence-corrected chi connectivity index (χ2v) is 7.25. The van der Waals surface area contributed by atoms with Crippen molar-refractivity contribution < 1.29 is 14.7 Å². The van der Waals surface area contributed by atoms with Crippen LogP contribution in [0.3, 0.4) is 0 Å². The Balaban J connectivity index is 1.63. The molecule has 2 amide bonds. The summed E-state index contributed by atoms with van der Waals surface area (Å²) in [6.07, 6.45) is 3.32. The Labute approximate surface area is 140 Å². The van der Waals surface area contributed by atoms with E-state index < -0.39 is 6.09 Å². The standard InChI is InChI=1S/C17H22N2O3S/c1-23-14-4-2-13(3-5-14)12-19-11-8-17(15(19)20)6-9-18(10-7-17)16(21)22/h2-5H,6-12H2,1H3,(H,21,22). The zero-order valence-corrected chi connectivity index (χ0v) is 14.1. The van der Waals surface area contributed by atoms with E-state index in [0.29, 0.717) is 32.5 Å². The molecule has 5 nitrogen and oxygen atoms in total. The number of carboxylic acid groups (broad SMARTS) is 1. The number of likely N-dealkylation sites (tertiary alicyclic amines) is 2. The Morgan fingerprint density at radius 2 is 1.78 bits per heavy atom. The van der Waals surface area contributed by atoms with Gasteiger partial charge in [0.15, 0.2) is 0 Å². The smallest absolute Gasteiger partial charge is 0.407 e. The van der Waals surface area contributed by atoms with Crippen LogP contribution in [0.4, 0.5) is 4.79 Å². The number of hydrogen-bond acceptors (Lipinski definition) is 3. The predicted octanol–water partition coefficient (Wildman–Crippen LogP) is 2.90. The summed E-state index contributed by atoms with van der Waals surface area (Å²) < 4.78 is 0. The average Bonchev–Trinajstić information content (AvgIpc) is 2.86. The molecule has 6 heteroatoms.